The zero-order valence-corrected chi connectivity index (χ0v) is 18.6. The van der Waals surface area contributed by atoms with Crippen molar-refractivity contribution >= 4 is 29.5 Å². The second-order valence-electron chi connectivity index (χ2n) is 5.99. The molecule has 31 heavy (non-hydrogen) atoms. The second kappa shape index (κ2) is 12.4. The van der Waals surface area contributed by atoms with Crippen LogP contribution in [0.3, 0.4) is 0 Å². The number of thiocarbonyl (C=S) groups is 1. The third-order valence-corrected chi connectivity index (χ3v) is 4.20. The number of ether oxygens (including phenoxy) is 5. The van der Waals surface area contributed by atoms with E-state index < -0.39 is 5.97 Å². The van der Waals surface area contributed by atoms with Gasteiger partial charge >= 0.3 is 5.97 Å². The lowest BCUT2D eigenvalue weighted by molar-refractivity contribution is 0.0734. The molecule has 2 aromatic carbocycles. The first-order chi connectivity index (χ1) is 15.0. The Kier molecular flexibility index (Phi) is 9.53. The number of esters is 1. The Balaban J connectivity index is 1.99. The summed E-state index contributed by atoms with van der Waals surface area (Å²) >= 11 is 5.07. The van der Waals surface area contributed by atoms with E-state index in [1.807, 2.05) is 0 Å². The van der Waals surface area contributed by atoms with Crippen molar-refractivity contribution in [3.8, 4) is 23.0 Å². The summed E-state index contributed by atoms with van der Waals surface area (Å²) in [6.07, 6.45) is 1.59. The van der Waals surface area contributed by atoms with Crippen LogP contribution in [0.5, 0.6) is 23.0 Å². The monoisotopic (exact) mass is 447 g/mol. The van der Waals surface area contributed by atoms with Crippen molar-refractivity contribution in [2.75, 3.05) is 41.6 Å². The quantitative estimate of drug-likeness (QED) is 0.142. The molecule has 2 rings (SSSR count). The average Bonchev–Trinajstić information content (AvgIpc) is 2.79. The number of carbonyl (C=O) groups excluding carboxylic acids is 1. The predicted octanol–water partition coefficient (Wildman–Crippen LogP) is 2.38. The smallest absolute Gasteiger partial charge is 0.343 e. The van der Waals surface area contributed by atoms with Crippen molar-refractivity contribution in [1.29, 1.82) is 0 Å². The molecule has 2 aromatic rings. The number of rotatable bonds is 10. The second-order valence-corrected chi connectivity index (χ2v) is 6.40. The first-order valence-electron chi connectivity index (χ1n) is 9.20. The van der Waals surface area contributed by atoms with Crippen LogP contribution in [0.15, 0.2) is 41.5 Å². The fraction of sp³-hybridized carbons (Fsp3) is 0.286. The van der Waals surface area contributed by atoms with E-state index in [1.54, 1.807) is 37.6 Å². The zero-order chi connectivity index (χ0) is 22.6. The van der Waals surface area contributed by atoms with Crippen molar-refractivity contribution in [2.45, 2.75) is 0 Å². The lowest BCUT2D eigenvalue weighted by Crippen LogP contribution is -2.34. The summed E-state index contributed by atoms with van der Waals surface area (Å²) in [4.78, 5) is 12.5. The minimum Gasteiger partial charge on any atom is -0.493 e. The number of hydrazone groups is 1. The van der Waals surface area contributed by atoms with Crippen molar-refractivity contribution in [2.24, 2.45) is 5.10 Å². The molecule has 0 aliphatic carbocycles. The van der Waals surface area contributed by atoms with Crippen LogP contribution in [0.2, 0.25) is 0 Å². The van der Waals surface area contributed by atoms with Crippen LogP contribution in [-0.2, 0) is 4.74 Å². The van der Waals surface area contributed by atoms with Crippen molar-refractivity contribution in [3.05, 3.63) is 47.5 Å². The van der Waals surface area contributed by atoms with E-state index in [1.165, 1.54) is 33.5 Å². The molecule has 166 valence electrons. The van der Waals surface area contributed by atoms with E-state index in [4.69, 9.17) is 35.9 Å². The van der Waals surface area contributed by atoms with Crippen molar-refractivity contribution in [3.63, 3.8) is 0 Å². The minimum atomic E-state index is -0.560. The number of carbonyl (C=O) groups is 1. The Morgan fingerprint density at radius 1 is 1.03 bits per heavy atom. The summed E-state index contributed by atoms with van der Waals surface area (Å²) in [6.45, 7) is 1.13. The molecule has 0 bridgehead atoms. The molecular formula is C21H25N3O6S. The predicted molar refractivity (Wildman–Crippen MR) is 121 cm³/mol. The lowest BCUT2D eigenvalue weighted by Gasteiger charge is -2.13. The molecule has 0 saturated carbocycles. The van der Waals surface area contributed by atoms with Gasteiger partial charge in [-0.1, -0.05) is 0 Å². The molecule has 0 aliphatic rings. The molecule has 0 fully saturated rings. The Morgan fingerprint density at radius 3 is 2.23 bits per heavy atom. The van der Waals surface area contributed by atoms with Gasteiger partial charge in [-0.25, -0.2) is 4.79 Å². The van der Waals surface area contributed by atoms with Gasteiger partial charge in [0.25, 0.3) is 0 Å². The van der Waals surface area contributed by atoms with Gasteiger partial charge in [-0.2, -0.15) is 5.10 Å². The Labute approximate surface area is 186 Å². The summed E-state index contributed by atoms with van der Waals surface area (Å²) in [5.41, 5.74) is 3.76. The van der Waals surface area contributed by atoms with E-state index in [2.05, 4.69) is 15.8 Å². The van der Waals surface area contributed by atoms with Gasteiger partial charge in [0.1, 0.15) is 5.75 Å². The number of nitrogens with one attached hydrogen (secondary N) is 2. The van der Waals surface area contributed by atoms with Gasteiger partial charge in [0.15, 0.2) is 16.6 Å². The average molecular weight is 448 g/mol. The highest BCUT2D eigenvalue weighted by Gasteiger charge is 2.18. The van der Waals surface area contributed by atoms with Gasteiger partial charge in [0.2, 0.25) is 5.75 Å². The van der Waals surface area contributed by atoms with E-state index in [9.17, 15) is 4.79 Å². The molecule has 0 atom stereocenters. The first-order valence-corrected chi connectivity index (χ1v) is 9.61. The summed E-state index contributed by atoms with van der Waals surface area (Å²) in [5, 5.41) is 7.38. The molecule has 0 radical (unpaired) electrons. The molecule has 0 amide bonds. The molecule has 2 N–H and O–H groups in total. The fourth-order valence-electron chi connectivity index (χ4n) is 2.46. The van der Waals surface area contributed by atoms with Gasteiger partial charge in [0.05, 0.1) is 39.7 Å². The number of benzene rings is 2. The van der Waals surface area contributed by atoms with Crippen LogP contribution in [0, 0.1) is 0 Å². The minimum absolute atomic E-state index is 0.263. The summed E-state index contributed by atoms with van der Waals surface area (Å²) < 4.78 is 26.1. The largest absolute Gasteiger partial charge is 0.493 e. The molecular weight excluding hydrogens is 422 g/mol. The van der Waals surface area contributed by atoms with E-state index >= 15 is 0 Å². The van der Waals surface area contributed by atoms with E-state index in [-0.39, 0.29) is 5.56 Å². The molecule has 0 unspecified atom stereocenters. The maximum Gasteiger partial charge on any atom is 0.343 e. The lowest BCUT2D eigenvalue weighted by atomic mass is 10.2. The molecule has 0 heterocycles. The van der Waals surface area contributed by atoms with Crippen LogP contribution >= 0.6 is 12.2 Å². The Morgan fingerprint density at radius 2 is 1.68 bits per heavy atom. The number of hydrogen-bond acceptors (Lipinski definition) is 8. The third kappa shape index (κ3) is 7.12. The highest BCUT2D eigenvalue weighted by Crippen LogP contribution is 2.38. The molecule has 0 saturated heterocycles. The SMILES string of the molecule is COCCNC(=S)NN=Cc1ccc(OC(=O)c2cc(OC)c(OC)c(OC)c2)cc1. The van der Waals surface area contributed by atoms with Crippen molar-refractivity contribution in [1.82, 2.24) is 10.7 Å². The third-order valence-electron chi connectivity index (χ3n) is 3.96. The Bertz CT molecular complexity index is 893. The van der Waals surface area contributed by atoms with Gasteiger partial charge in [-0.05, 0) is 54.2 Å². The number of methoxy groups -OCH3 is 4. The highest BCUT2D eigenvalue weighted by atomic mass is 32.1. The van der Waals surface area contributed by atoms with Gasteiger partial charge < -0.3 is 29.0 Å². The number of hydrogen-bond donors (Lipinski definition) is 2. The van der Waals surface area contributed by atoms with Crippen LogP contribution in [0.1, 0.15) is 15.9 Å². The summed E-state index contributed by atoms with van der Waals surface area (Å²) in [5.74, 6) is 0.938. The number of nitrogens with zero attached hydrogens (tertiary/aromatic N) is 1. The topological polar surface area (TPSA) is 99.6 Å². The highest BCUT2D eigenvalue weighted by molar-refractivity contribution is 7.80. The maximum atomic E-state index is 12.5. The van der Waals surface area contributed by atoms with Gasteiger partial charge in [-0.3, -0.25) is 5.43 Å². The van der Waals surface area contributed by atoms with Crippen LogP contribution in [0.4, 0.5) is 0 Å². The summed E-state index contributed by atoms with van der Waals surface area (Å²) in [7, 11) is 6.06. The summed E-state index contributed by atoms with van der Waals surface area (Å²) in [6, 6.07) is 9.88. The van der Waals surface area contributed by atoms with Gasteiger partial charge in [0, 0.05) is 13.7 Å². The molecule has 0 aliphatic heterocycles. The molecule has 0 spiro atoms. The Hall–Kier alpha value is -3.37. The maximum absolute atomic E-state index is 12.5. The molecule has 10 heteroatoms. The standard InChI is InChI=1S/C21H25N3O6S/c1-26-10-9-22-21(31)24-23-13-14-5-7-16(8-6-14)30-20(25)15-11-17(27-2)19(29-4)18(12-15)28-3/h5-8,11-13H,9-10H2,1-4H3,(H2,22,24,31). The van der Waals surface area contributed by atoms with E-state index in [0.29, 0.717) is 41.3 Å². The van der Waals surface area contributed by atoms with Gasteiger partial charge in [-0.15, -0.1) is 0 Å². The molecule has 0 aromatic heterocycles. The van der Waals surface area contributed by atoms with Crippen LogP contribution in [0.25, 0.3) is 0 Å². The first kappa shape index (κ1) is 23.9. The van der Waals surface area contributed by atoms with Crippen LogP contribution in [-0.4, -0.2) is 58.9 Å². The molecule has 9 nitrogen and oxygen atoms in total. The normalized spacial score (nSPS) is 10.5. The zero-order valence-electron chi connectivity index (χ0n) is 17.8. The fourth-order valence-corrected chi connectivity index (χ4v) is 2.61. The van der Waals surface area contributed by atoms with Crippen LogP contribution < -0.4 is 29.7 Å². The van der Waals surface area contributed by atoms with E-state index in [0.717, 1.165) is 5.56 Å². The van der Waals surface area contributed by atoms with Crippen molar-refractivity contribution < 1.29 is 28.5 Å².